The average Bonchev–Trinajstić information content (AvgIpc) is 2.71. The highest BCUT2D eigenvalue weighted by molar-refractivity contribution is 6.40. The third-order valence-electron chi connectivity index (χ3n) is 6.29. The number of aliphatic carboxylic acids is 1. The average molecular weight is 445 g/mol. The molecule has 0 saturated heterocycles. The molecule has 1 aliphatic rings. The van der Waals surface area contributed by atoms with Crippen LogP contribution in [0.25, 0.3) is 11.1 Å². The first-order valence-corrected chi connectivity index (χ1v) is 11.1. The Balaban J connectivity index is 1.45. The molecule has 0 amide bonds. The number of halogens is 1. The van der Waals surface area contributed by atoms with Gasteiger partial charge in [-0.1, -0.05) is 60.8 Å². The van der Waals surface area contributed by atoms with Crippen LogP contribution in [0.4, 0.5) is 0 Å². The minimum absolute atomic E-state index is 0.0752. The van der Waals surface area contributed by atoms with Gasteiger partial charge in [0.05, 0.1) is 0 Å². The molecule has 31 heavy (non-hydrogen) atoms. The van der Waals surface area contributed by atoms with Crippen molar-refractivity contribution >= 4 is 24.7 Å². The fourth-order valence-electron chi connectivity index (χ4n) is 4.15. The summed E-state index contributed by atoms with van der Waals surface area (Å²) in [5, 5.41) is 31.7. The van der Waals surface area contributed by atoms with E-state index in [1.807, 2.05) is 24.3 Å². The van der Waals surface area contributed by atoms with Gasteiger partial charge in [0.1, 0.15) is 5.54 Å². The lowest BCUT2D eigenvalue weighted by molar-refractivity contribution is -0.148. The summed E-state index contributed by atoms with van der Waals surface area (Å²) in [6.45, 7) is 0.720. The Morgan fingerprint density at radius 2 is 1.65 bits per heavy atom. The Bertz CT molecular complexity index is 857. The normalized spacial score (nSPS) is 20.0. The summed E-state index contributed by atoms with van der Waals surface area (Å²) >= 11 is 5.95. The van der Waals surface area contributed by atoms with Gasteiger partial charge in [0.25, 0.3) is 0 Å². The first-order chi connectivity index (χ1) is 14.8. The number of unbranched alkanes of at least 4 members (excludes halogenated alkanes) is 1. The van der Waals surface area contributed by atoms with Gasteiger partial charge in [-0.05, 0) is 60.3 Å². The van der Waals surface area contributed by atoms with Crippen molar-refractivity contribution in [2.75, 3.05) is 0 Å². The standard InChI is InChI=1S/C23H30BClN2O4/c25-20-9-7-18(8-10-20)17-5-3-16(4-6-17)15-27-21-13-19(14-21)23(26,22(28)29)11-1-2-12-24(30)31/h3-10,19,21,27,30-31H,1-2,11-15,26H2,(H,28,29)/t19-,21+,23?. The number of hydrogen-bond donors (Lipinski definition) is 5. The second-order valence-corrected chi connectivity index (χ2v) is 8.96. The van der Waals surface area contributed by atoms with Gasteiger partial charge in [-0.2, -0.15) is 0 Å². The van der Waals surface area contributed by atoms with Crippen molar-refractivity contribution in [2.45, 2.75) is 56.5 Å². The number of carboxylic acids is 1. The first kappa shape index (κ1) is 23.8. The number of nitrogens with two attached hydrogens (primary N) is 1. The Morgan fingerprint density at radius 3 is 2.19 bits per heavy atom. The van der Waals surface area contributed by atoms with Crippen molar-refractivity contribution in [3.63, 3.8) is 0 Å². The zero-order chi connectivity index (χ0) is 22.4. The molecule has 0 spiro atoms. The van der Waals surface area contributed by atoms with Crippen LogP contribution in [0, 0.1) is 5.92 Å². The van der Waals surface area contributed by atoms with E-state index in [1.54, 1.807) is 0 Å². The SMILES string of the molecule is NC(CCCCB(O)O)(C(=O)O)[C@H]1C[C@@H](NCc2ccc(-c3ccc(Cl)cc3)cc2)C1. The molecule has 1 fully saturated rings. The number of nitrogens with one attached hydrogen (secondary N) is 1. The second kappa shape index (κ2) is 10.6. The number of rotatable bonds is 11. The quantitative estimate of drug-likeness (QED) is 0.268. The van der Waals surface area contributed by atoms with Gasteiger partial charge in [0.15, 0.2) is 0 Å². The van der Waals surface area contributed by atoms with Crippen molar-refractivity contribution in [2.24, 2.45) is 11.7 Å². The molecule has 6 N–H and O–H groups in total. The van der Waals surface area contributed by atoms with E-state index in [2.05, 4.69) is 29.6 Å². The Morgan fingerprint density at radius 1 is 1.06 bits per heavy atom. The smallest absolute Gasteiger partial charge is 0.451 e. The Labute approximate surface area is 188 Å². The van der Waals surface area contributed by atoms with Crippen LogP contribution in [0.15, 0.2) is 48.5 Å². The van der Waals surface area contributed by atoms with Crippen LogP contribution < -0.4 is 11.1 Å². The van der Waals surface area contributed by atoms with E-state index in [9.17, 15) is 9.90 Å². The van der Waals surface area contributed by atoms with E-state index in [4.69, 9.17) is 27.4 Å². The third-order valence-corrected chi connectivity index (χ3v) is 6.55. The molecule has 2 aromatic carbocycles. The monoisotopic (exact) mass is 444 g/mol. The fraction of sp³-hybridized carbons (Fsp3) is 0.435. The highest BCUT2D eigenvalue weighted by Crippen LogP contribution is 2.38. The fourth-order valence-corrected chi connectivity index (χ4v) is 4.28. The zero-order valence-electron chi connectivity index (χ0n) is 17.5. The highest BCUT2D eigenvalue weighted by atomic mass is 35.5. The van der Waals surface area contributed by atoms with Crippen LogP contribution in [0.3, 0.4) is 0 Å². The molecule has 6 nitrogen and oxygen atoms in total. The van der Waals surface area contributed by atoms with Gasteiger partial charge < -0.3 is 26.2 Å². The van der Waals surface area contributed by atoms with E-state index < -0.39 is 18.6 Å². The summed E-state index contributed by atoms with van der Waals surface area (Å²) < 4.78 is 0. The molecule has 3 rings (SSSR count). The molecule has 0 aromatic heterocycles. The first-order valence-electron chi connectivity index (χ1n) is 10.7. The van der Waals surface area contributed by atoms with E-state index in [0.29, 0.717) is 19.3 Å². The van der Waals surface area contributed by atoms with Crippen molar-refractivity contribution in [1.29, 1.82) is 0 Å². The van der Waals surface area contributed by atoms with E-state index >= 15 is 0 Å². The van der Waals surface area contributed by atoms with Gasteiger partial charge in [-0.15, -0.1) is 0 Å². The molecule has 2 aromatic rings. The molecular weight excluding hydrogens is 415 g/mol. The van der Waals surface area contributed by atoms with Gasteiger partial charge in [0.2, 0.25) is 0 Å². The summed E-state index contributed by atoms with van der Waals surface area (Å²) in [4.78, 5) is 11.8. The summed E-state index contributed by atoms with van der Waals surface area (Å²) in [6.07, 6.45) is 3.15. The molecule has 1 unspecified atom stereocenters. The maximum absolute atomic E-state index is 11.8. The summed E-state index contributed by atoms with van der Waals surface area (Å²) in [5.74, 6) is -1.05. The number of carbonyl (C=O) groups is 1. The number of benzene rings is 2. The zero-order valence-corrected chi connectivity index (χ0v) is 18.3. The van der Waals surface area contributed by atoms with E-state index in [1.165, 1.54) is 5.56 Å². The van der Waals surface area contributed by atoms with Crippen molar-refractivity contribution < 1.29 is 19.9 Å². The lowest BCUT2D eigenvalue weighted by atomic mass is 9.66. The van der Waals surface area contributed by atoms with Gasteiger partial charge in [0, 0.05) is 17.6 Å². The summed E-state index contributed by atoms with van der Waals surface area (Å²) in [6, 6.07) is 16.4. The molecule has 0 heterocycles. The second-order valence-electron chi connectivity index (χ2n) is 8.52. The van der Waals surface area contributed by atoms with E-state index in [0.717, 1.165) is 35.5 Å². The predicted molar refractivity (Wildman–Crippen MR) is 124 cm³/mol. The van der Waals surface area contributed by atoms with Crippen LogP contribution in [-0.2, 0) is 11.3 Å². The van der Waals surface area contributed by atoms with E-state index in [-0.39, 0.29) is 18.3 Å². The molecular formula is C23H30BClN2O4. The van der Waals surface area contributed by atoms with Crippen LogP contribution in [0.2, 0.25) is 11.3 Å². The molecule has 1 aliphatic carbocycles. The maximum atomic E-state index is 11.8. The van der Waals surface area contributed by atoms with Crippen molar-refractivity contribution in [3.8, 4) is 11.1 Å². The molecule has 166 valence electrons. The molecule has 1 atom stereocenters. The lowest BCUT2D eigenvalue weighted by Crippen LogP contribution is -2.61. The van der Waals surface area contributed by atoms with Crippen molar-refractivity contribution in [3.05, 3.63) is 59.1 Å². The summed E-state index contributed by atoms with van der Waals surface area (Å²) in [7, 11) is -1.35. The van der Waals surface area contributed by atoms with Gasteiger partial charge >= 0.3 is 13.1 Å². The van der Waals surface area contributed by atoms with Gasteiger partial charge in [-0.3, -0.25) is 4.79 Å². The van der Waals surface area contributed by atoms with Gasteiger partial charge in [-0.25, -0.2) is 0 Å². The minimum Gasteiger partial charge on any atom is -0.480 e. The maximum Gasteiger partial charge on any atom is 0.451 e. The molecule has 0 aliphatic heterocycles. The largest absolute Gasteiger partial charge is 0.480 e. The lowest BCUT2D eigenvalue weighted by Gasteiger charge is -2.45. The predicted octanol–water partition coefficient (Wildman–Crippen LogP) is 3.30. The Hall–Kier alpha value is -1.90. The molecule has 1 saturated carbocycles. The number of hydrogen-bond acceptors (Lipinski definition) is 5. The Kier molecular flexibility index (Phi) is 8.14. The van der Waals surface area contributed by atoms with Crippen LogP contribution in [0.5, 0.6) is 0 Å². The molecule has 0 radical (unpaired) electrons. The topological polar surface area (TPSA) is 116 Å². The van der Waals surface area contributed by atoms with Crippen LogP contribution in [0.1, 0.15) is 37.7 Å². The van der Waals surface area contributed by atoms with Crippen molar-refractivity contribution in [1.82, 2.24) is 5.32 Å². The summed E-state index contributed by atoms with van der Waals surface area (Å²) in [5.41, 5.74) is 8.42. The molecule has 8 heteroatoms. The highest BCUT2D eigenvalue weighted by Gasteiger charge is 2.47. The number of carboxylic acid groups (broad SMARTS) is 1. The molecule has 0 bridgehead atoms. The minimum atomic E-state index is -1.35. The third kappa shape index (κ3) is 6.31. The van der Waals surface area contributed by atoms with Crippen LogP contribution >= 0.6 is 11.6 Å². The van der Waals surface area contributed by atoms with Crippen LogP contribution in [-0.4, -0.2) is 39.8 Å².